The molecule has 0 aliphatic carbocycles. The summed E-state index contributed by atoms with van der Waals surface area (Å²) in [7, 11) is 0. The van der Waals surface area contributed by atoms with Crippen molar-refractivity contribution >= 4 is 17.3 Å². The molecule has 0 spiro atoms. The van der Waals surface area contributed by atoms with E-state index in [4.69, 9.17) is 5.73 Å². The molecular weight excluding hydrogens is 210 g/mol. The quantitative estimate of drug-likeness (QED) is 0.591. The van der Waals surface area contributed by atoms with Crippen LogP contribution in [0.5, 0.6) is 0 Å². The zero-order valence-corrected chi connectivity index (χ0v) is 8.90. The maximum absolute atomic E-state index is 11.2. The molecule has 1 aromatic carbocycles. The number of nitro benzene ring substituents is 1. The standard InChI is InChI=1S/C10H13N3O3/c1-7-2-3-8(6-9(7)13(15)16)12-10(14)4-5-11/h2-3,6H,4-5,11H2,1H3,(H,12,14). The van der Waals surface area contributed by atoms with E-state index in [1.54, 1.807) is 19.1 Å². The third-order valence-electron chi connectivity index (χ3n) is 2.06. The highest BCUT2D eigenvalue weighted by atomic mass is 16.6. The van der Waals surface area contributed by atoms with Crippen LogP contribution in [0, 0.1) is 17.0 Å². The molecule has 6 heteroatoms. The molecule has 0 aliphatic heterocycles. The van der Waals surface area contributed by atoms with E-state index in [1.165, 1.54) is 6.07 Å². The summed E-state index contributed by atoms with van der Waals surface area (Å²) >= 11 is 0. The average Bonchev–Trinajstić information content (AvgIpc) is 2.21. The first kappa shape index (κ1) is 12.1. The highest BCUT2D eigenvalue weighted by Crippen LogP contribution is 2.22. The summed E-state index contributed by atoms with van der Waals surface area (Å²) in [5.74, 6) is -0.249. The van der Waals surface area contributed by atoms with Crippen LogP contribution < -0.4 is 11.1 Å². The van der Waals surface area contributed by atoms with Crippen LogP contribution in [0.25, 0.3) is 0 Å². The minimum absolute atomic E-state index is 0.00875. The highest BCUT2D eigenvalue weighted by molar-refractivity contribution is 5.91. The highest BCUT2D eigenvalue weighted by Gasteiger charge is 2.11. The van der Waals surface area contributed by atoms with Gasteiger partial charge in [0.25, 0.3) is 5.69 Å². The monoisotopic (exact) mass is 223 g/mol. The van der Waals surface area contributed by atoms with Gasteiger partial charge >= 0.3 is 0 Å². The molecule has 6 nitrogen and oxygen atoms in total. The van der Waals surface area contributed by atoms with Gasteiger partial charge in [0, 0.05) is 30.3 Å². The number of nitrogens with one attached hydrogen (secondary N) is 1. The summed E-state index contributed by atoms with van der Waals surface area (Å²) in [5.41, 5.74) is 6.18. The normalized spacial score (nSPS) is 9.88. The largest absolute Gasteiger partial charge is 0.330 e. The summed E-state index contributed by atoms with van der Waals surface area (Å²) in [6.07, 6.45) is 0.196. The summed E-state index contributed by atoms with van der Waals surface area (Å²) in [6.45, 7) is 1.89. The second kappa shape index (κ2) is 5.22. The first-order valence-electron chi connectivity index (χ1n) is 4.79. The number of benzene rings is 1. The van der Waals surface area contributed by atoms with Crippen molar-refractivity contribution in [1.82, 2.24) is 0 Å². The molecule has 0 saturated carbocycles. The summed E-state index contributed by atoms with van der Waals surface area (Å²) in [5, 5.41) is 13.2. The molecule has 0 heterocycles. The first-order valence-corrected chi connectivity index (χ1v) is 4.79. The molecule has 0 aromatic heterocycles. The van der Waals surface area contributed by atoms with E-state index >= 15 is 0 Å². The molecule has 3 N–H and O–H groups in total. The number of carbonyl (C=O) groups excluding carboxylic acids is 1. The van der Waals surface area contributed by atoms with Crippen molar-refractivity contribution < 1.29 is 9.72 Å². The van der Waals surface area contributed by atoms with E-state index in [2.05, 4.69) is 5.32 Å². The van der Waals surface area contributed by atoms with Crippen molar-refractivity contribution in [2.75, 3.05) is 11.9 Å². The van der Waals surface area contributed by atoms with Gasteiger partial charge in [-0.1, -0.05) is 6.07 Å². The molecule has 86 valence electrons. The number of hydrogen-bond donors (Lipinski definition) is 2. The Kier molecular flexibility index (Phi) is 3.96. The number of aryl methyl sites for hydroxylation is 1. The second-order valence-corrected chi connectivity index (χ2v) is 3.35. The molecule has 0 unspecified atom stereocenters. The Morgan fingerprint density at radius 1 is 1.56 bits per heavy atom. The minimum atomic E-state index is -0.478. The topological polar surface area (TPSA) is 98.3 Å². The van der Waals surface area contributed by atoms with Crippen LogP contribution in [0.1, 0.15) is 12.0 Å². The molecular formula is C10H13N3O3. The minimum Gasteiger partial charge on any atom is -0.330 e. The second-order valence-electron chi connectivity index (χ2n) is 3.35. The van der Waals surface area contributed by atoms with Crippen LogP contribution >= 0.6 is 0 Å². The van der Waals surface area contributed by atoms with Crippen LogP contribution in [-0.2, 0) is 4.79 Å². The molecule has 0 fully saturated rings. The van der Waals surface area contributed by atoms with Crippen molar-refractivity contribution in [3.63, 3.8) is 0 Å². The Morgan fingerprint density at radius 2 is 2.25 bits per heavy atom. The van der Waals surface area contributed by atoms with E-state index in [-0.39, 0.29) is 24.6 Å². The molecule has 1 aromatic rings. The first-order chi connectivity index (χ1) is 7.54. The molecule has 0 atom stereocenters. The third-order valence-corrected chi connectivity index (χ3v) is 2.06. The van der Waals surface area contributed by atoms with Crippen LogP contribution in [0.4, 0.5) is 11.4 Å². The lowest BCUT2D eigenvalue weighted by molar-refractivity contribution is -0.385. The zero-order valence-electron chi connectivity index (χ0n) is 8.90. The molecule has 16 heavy (non-hydrogen) atoms. The number of anilines is 1. The van der Waals surface area contributed by atoms with Crippen LogP contribution in [0.2, 0.25) is 0 Å². The number of amides is 1. The Balaban J connectivity index is 2.87. The number of nitrogens with zero attached hydrogens (tertiary/aromatic N) is 1. The van der Waals surface area contributed by atoms with Crippen molar-refractivity contribution in [3.8, 4) is 0 Å². The van der Waals surface area contributed by atoms with Gasteiger partial charge in [-0.3, -0.25) is 14.9 Å². The average molecular weight is 223 g/mol. The number of nitro groups is 1. The van der Waals surface area contributed by atoms with E-state index in [1.807, 2.05) is 0 Å². The van der Waals surface area contributed by atoms with Crippen molar-refractivity contribution in [3.05, 3.63) is 33.9 Å². The van der Waals surface area contributed by atoms with Gasteiger partial charge < -0.3 is 11.1 Å². The Morgan fingerprint density at radius 3 is 2.81 bits per heavy atom. The fraction of sp³-hybridized carbons (Fsp3) is 0.300. The van der Waals surface area contributed by atoms with Crippen LogP contribution in [-0.4, -0.2) is 17.4 Å². The molecule has 0 radical (unpaired) electrons. The van der Waals surface area contributed by atoms with Gasteiger partial charge in [0.1, 0.15) is 0 Å². The number of carbonyl (C=O) groups is 1. The van der Waals surface area contributed by atoms with Crippen molar-refractivity contribution in [2.45, 2.75) is 13.3 Å². The maximum atomic E-state index is 11.2. The molecule has 1 amide bonds. The van der Waals surface area contributed by atoms with Crippen LogP contribution in [0.15, 0.2) is 18.2 Å². The SMILES string of the molecule is Cc1ccc(NC(=O)CCN)cc1[N+](=O)[O-]. The van der Waals surface area contributed by atoms with E-state index < -0.39 is 4.92 Å². The number of rotatable bonds is 4. The van der Waals surface area contributed by atoms with Gasteiger partial charge in [-0.25, -0.2) is 0 Å². The fourth-order valence-electron chi connectivity index (χ4n) is 1.24. The lowest BCUT2D eigenvalue weighted by Crippen LogP contribution is -2.16. The molecule has 0 saturated heterocycles. The van der Waals surface area contributed by atoms with Crippen molar-refractivity contribution in [2.24, 2.45) is 5.73 Å². The van der Waals surface area contributed by atoms with Crippen LogP contribution in [0.3, 0.4) is 0 Å². The van der Waals surface area contributed by atoms with E-state index in [9.17, 15) is 14.9 Å². The van der Waals surface area contributed by atoms with E-state index in [0.29, 0.717) is 11.3 Å². The molecule has 1 rings (SSSR count). The maximum Gasteiger partial charge on any atom is 0.274 e. The van der Waals surface area contributed by atoms with E-state index in [0.717, 1.165) is 0 Å². The Labute approximate surface area is 92.6 Å². The van der Waals surface area contributed by atoms with Gasteiger partial charge in [-0.15, -0.1) is 0 Å². The summed E-state index contributed by atoms with van der Waals surface area (Å²) in [4.78, 5) is 21.4. The predicted octanol–water partition coefficient (Wildman–Crippen LogP) is 1.19. The number of nitrogens with two attached hydrogens (primary N) is 1. The number of hydrogen-bond acceptors (Lipinski definition) is 4. The predicted molar refractivity (Wildman–Crippen MR) is 60.1 cm³/mol. The lowest BCUT2D eigenvalue weighted by atomic mass is 10.2. The van der Waals surface area contributed by atoms with Crippen molar-refractivity contribution in [1.29, 1.82) is 0 Å². The third kappa shape index (κ3) is 3.03. The van der Waals surface area contributed by atoms with Gasteiger partial charge in [-0.2, -0.15) is 0 Å². The fourth-order valence-corrected chi connectivity index (χ4v) is 1.24. The van der Waals surface area contributed by atoms with Gasteiger partial charge in [0.05, 0.1) is 4.92 Å². The summed E-state index contributed by atoms with van der Waals surface area (Å²) in [6, 6.07) is 4.55. The van der Waals surface area contributed by atoms with Gasteiger partial charge in [0.2, 0.25) is 5.91 Å². The van der Waals surface area contributed by atoms with Gasteiger partial charge in [-0.05, 0) is 13.0 Å². The molecule has 0 bridgehead atoms. The van der Waals surface area contributed by atoms with Gasteiger partial charge in [0.15, 0.2) is 0 Å². The lowest BCUT2D eigenvalue weighted by Gasteiger charge is -2.05. The smallest absolute Gasteiger partial charge is 0.274 e. The Bertz CT molecular complexity index is 418. The summed E-state index contributed by atoms with van der Waals surface area (Å²) < 4.78 is 0. The Hall–Kier alpha value is -1.95. The molecule has 0 aliphatic rings. The zero-order chi connectivity index (χ0) is 12.1.